The van der Waals surface area contributed by atoms with Gasteiger partial charge >= 0.3 is 5.91 Å². The highest BCUT2D eigenvalue weighted by atomic mass is 16.2. The zero-order valence-corrected chi connectivity index (χ0v) is 11.3. The van der Waals surface area contributed by atoms with Crippen LogP contribution in [0.4, 0.5) is 0 Å². The normalized spacial score (nSPS) is 20.0. The van der Waals surface area contributed by atoms with Crippen LogP contribution < -0.4 is 5.43 Å². The average molecular weight is 261 g/mol. The average Bonchev–Trinajstić information content (AvgIpc) is 2.39. The molecule has 0 bridgehead atoms. The van der Waals surface area contributed by atoms with Crippen LogP contribution in [0.25, 0.3) is 0 Å². The summed E-state index contributed by atoms with van der Waals surface area (Å²) in [6.07, 6.45) is 3.65. The molecule has 0 unspecified atom stereocenters. The van der Waals surface area contributed by atoms with E-state index >= 15 is 0 Å². The van der Waals surface area contributed by atoms with Crippen molar-refractivity contribution in [3.05, 3.63) is 29.6 Å². The van der Waals surface area contributed by atoms with Crippen LogP contribution in [0, 0.1) is 12.8 Å². The third-order valence-electron chi connectivity index (χ3n) is 3.30. The molecule has 0 radical (unpaired) electrons. The molecule has 5 nitrogen and oxygen atoms in total. The molecular weight excluding hydrogens is 242 g/mol. The third kappa shape index (κ3) is 3.61. The zero-order valence-electron chi connectivity index (χ0n) is 11.3. The summed E-state index contributed by atoms with van der Waals surface area (Å²) in [4.78, 5) is 27.8. The van der Waals surface area contributed by atoms with E-state index in [0.29, 0.717) is 11.5 Å². The molecule has 1 atom stereocenters. The Bertz CT molecular complexity index is 470. The maximum Gasteiger partial charge on any atom is 0.306 e. The molecule has 1 fully saturated rings. The quantitative estimate of drug-likeness (QED) is 0.659. The number of piperidine rings is 1. The summed E-state index contributed by atoms with van der Waals surface area (Å²) in [5, 5.41) is 1.83. The Balaban J connectivity index is 1.95. The lowest BCUT2D eigenvalue weighted by atomic mass is 10.0. The minimum atomic E-state index is -0.584. The smallest absolute Gasteiger partial charge is 0.283 e. The Kier molecular flexibility index (Phi) is 4.27. The number of Topliss-reactive ketones (excluding diaryl/α,β-unsaturated/α-hetero) is 1. The molecule has 1 amide bonds. The molecule has 0 spiro atoms. The number of hydrogen-bond donors (Lipinski definition) is 1. The first-order valence-corrected chi connectivity index (χ1v) is 6.59. The number of nitrogens with one attached hydrogen (secondary N) is 1. The molecule has 0 saturated carbocycles. The van der Waals surface area contributed by atoms with Gasteiger partial charge in [-0.3, -0.25) is 20.0 Å². The van der Waals surface area contributed by atoms with Crippen molar-refractivity contribution in [3.8, 4) is 0 Å². The number of amides is 1. The van der Waals surface area contributed by atoms with Gasteiger partial charge in [0.05, 0.1) is 0 Å². The summed E-state index contributed by atoms with van der Waals surface area (Å²) in [6.45, 7) is 5.58. The van der Waals surface area contributed by atoms with E-state index in [1.165, 1.54) is 12.6 Å². The van der Waals surface area contributed by atoms with Gasteiger partial charge in [-0.2, -0.15) is 0 Å². The van der Waals surface area contributed by atoms with Crippen molar-refractivity contribution in [2.24, 2.45) is 5.92 Å². The van der Waals surface area contributed by atoms with Crippen LogP contribution in [0.1, 0.15) is 35.8 Å². The second-order valence-electron chi connectivity index (χ2n) is 5.15. The fourth-order valence-corrected chi connectivity index (χ4v) is 2.22. The summed E-state index contributed by atoms with van der Waals surface area (Å²) >= 11 is 0. The molecule has 1 aromatic rings. The number of carbonyl (C=O) groups excluding carboxylic acids is 2. The van der Waals surface area contributed by atoms with Gasteiger partial charge in [-0.05, 0) is 37.8 Å². The minimum absolute atomic E-state index is 0.327. The van der Waals surface area contributed by atoms with Crippen molar-refractivity contribution >= 4 is 11.7 Å². The lowest BCUT2D eigenvalue weighted by molar-refractivity contribution is -0.122. The van der Waals surface area contributed by atoms with Crippen molar-refractivity contribution in [3.63, 3.8) is 0 Å². The summed E-state index contributed by atoms with van der Waals surface area (Å²) in [6, 6.07) is 3.35. The number of pyridine rings is 1. The highest BCUT2D eigenvalue weighted by Gasteiger charge is 2.22. The Labute approximate surface area is 113 Å². The SMILES string of the molecule is Cc1ccc(C(=O)C(=O)NN2CCC[C@H](C)C2)cn1. The molecule has 102 valence electrons. The summed E-state index contributed by atoms with van der Waals surface area (Å²) in [7, 11) is 0. The number of hydrazine groups is 1. The van der Waals surface area contributed by atoms with Crippen LogP contribution in [0.15, 0.2) is 18.3 Å². The maximum atomic E-state index is 11.9. The Morgan fingerprint density at radius 3 is 2.84 bits per heavy atom. The van der Waals surface area contributed by atoms with E-state index < -0.39 is 11.7 Å². The number of rotatable bonds is 3. The van der Waals surface area contributed by atoms with Gasteiger partial charge in [0.2, 0.25) is 0 Å². The molecule has 19 heavy (non-hydrogen) atoms. The van der Waals surface area contributed by atoms with Crippen molar-refractivity contribution in [2.45, 2.75) is 26.7 Å². The van der Waals surface area contributed by atoms with E-state index in [4.69, 9.17) is 0 Å². The molecule has 1 aliphatic heterocycles. The van der Waals surface area contributed by atoms with Crippen LogP contribution in [0.5, 0.6) is 0 Å². The van der Waals surface area contributed by atoms with Gasteiger partial charge < -0.3 is 0 Å². The maximum absolute atomic E-state index is 11.9. The van der Waals surface area contributed by atoms with Gasteiger partial charge in [-0.15, -0.1) is 0 Å². The standard InChI is InChI=1S/C14H19N3O2/c1-10-4-3-7-17(9-10)16-14(19)13(18)12-6-5-11(2)15-8-12/h5-6,8,10H,3-4,7,9H2,1-2H3,(H,16,19)/t10-/m0/s1. The lowest BCUT2D eigenvalue weighted by Crippen LogP contribution is -2.49. The van der Waals surface area contributed by atoms with Gasteiger partial charge in [0.1, 0.15) is 0 Å². The number of ketones is 1. The van der Waals surface area contributed by atoms with Crippen LogP contribution in [0.2, 0.25) is 0 Å². The number of aryl methyl sites for hydroxylation is 1. The van der Waals surface area contributed by atoms with E-state index in [1.54, 1.807) is 12.1 Å². The summed E-state index contributed by atoms with van der Waals surface area (Å²) in [5.41, 5.74) is 3.83. The molecule has 1 aromatic heterocycles. The van der Waals surface area contributed by atoms with Crippen molar-refractivity contribution < 1.29 is 9.59 Å². The van der Waals surface area contributed by atoms with E-state index in [1.807, 2.05) is 11.9 Å². The van der Waals surface area contributed by atoms with Gasteiger partial charge in [0.15, 0.2) is 0 Å². The first-order valence-electron chi connectivity index (χ1n) is 6.59. The summed E-state index contributed by atoms with van der Waals surface area (Å²) in [5.74, 6) is -0.573. The third-order valence-corrected chi connectivity index (χ3v) is 3.30. The molecule has 2 heterocycles. The second kappa shape index (κ2) is 5.93. The molecule has 1 N–H and O–H groups in total. The van der Waals surface area contributed by atoms with Crippen molar-refractivity contribution in [1.29, 1.82) is 0 Å². The Morgan fingerprint density at radius 2 is 2.21 bits per heavy atom. The first kappa shape index (κ1) is 13.7. The number of nitrogens with zero attached hydrogens (tertiary/aromatic N) is 2. The Hall–Kier alpha value is -1.75. The van der Waals surface area contributed by atoms with E-state index in [-0.39, 0.29) is 0 Å². The second-order valence-corrected chi connectivity index (χ2v) is 5.15. The molecule has 0 aromatic carbocycles. The number of aromatic nitrogens is 1. The number of hydrogen-bond acceptors (Lipinski definition) is 4. The molecule has 2 rings (SSSR count). The summed E-state index contributed by atoms with van der Waals surface area (Å²) < 4.78 is 0. The number of carbonyl (C=O) groups is 2. The molecule has 1 aliphatic rings. The molecule has 1 saturated heterocycles. The van der Waals surface area contributed by atoms with Crippen LogP contribution in [-0.4, -0.2) is 34.8 Å². The van der Waals surface area contributed by atoms with Crippen molar-refractivity contribution in [2.75, 3.05) is 13.1 Å². The monoisotopic (exact) mass is 261 g/mol. The molecule has 0 aliphatic carbocycles. The van der Waals surface area contributed by atoms with Crippen LogP contribution in [-0.2, 0) is 4.79 Å². The first-order chi connectivity index (χ1) is 9.06. The lowest BCUT2D eigenvalue weighted by Gasteiger charge is -2.30. The van der Waals surface area contributed by atoms with Gasteiger partial charge in [-0.25, -0.2) is 5.01 Å². The molecular formula is C14H19N3O2. The van der Waals surface area contributed by atoms with E-state index in [9.17, 15) is 9.59 Å². The van der Waals surface area contributed by atoms with E-state index in [0.717, 1.165) is 25.2 Å². The highest BCUT2D eigenvalue weighted by Crippen LogP contribution is 2.13. The van der Waals surface area contributed by atoms with Gasteiger partial charge in [0.25, 0.3) is 5.78 Å². The van der Waals surface area contributed by atoms with E-state index in [2.05, 4.69) is 17.3 Å². The largest absolute Gasteiger partial charge is 0.306 e. The van der Waals surface area contributed by atoms with Crippen LogP contribution >= 0.6 is 0 Å². The predicted octanol–water partition coefficient (Wildman–Crippen LogP) is 1.34. The van der Waals surface area contributed by atoms with Gasteiger partial charge in [0, 0.05) is 30.5 Å². The minimum Gasteiger partial charge on any atom is -0.283 e. The predicted molar refractivity (Wildman–Crippen MR) is 71.4 cm³/mol. The molecule has 5 heteroatoms. The highest BCUT2D eigenvalue weighted by molar-refractivity contribution is 6.42. The topological polar surface area (TPSA) is 62.3 Å². The van der Waals surface area contributed by atoms with Crippen molar-refractivity contribution in [1.82, 2.24) is 15.4 Å². The fraction of sp³-hybridized carbons (Fsp3) is 0.500. The fourth-order valence-electron chi connectivity index (χ4n) is 2.22. The van der Waals surface area contributed by atoms with Gasteiger partial charge in [-0.1, -0.05) is 6.92 Å². The zero-order chi connectivity index (χ0) is 13.8. The Morgan fingerprint density at radius 1 is 1.42 bits per heavy atom. The van der Waals surface area contributed by atoms with Crippen LogP contribution in [0.3, 0.4) is 0 Å².